The van der Waals surface area contributed by atoms with Crippen molar-refractivity contribution in [3.63, 3.8) is 0 Å². The van der Waals surface area contributed by atoms with Crippen LogP contribution in [-0.4, -0.2) is 30.7 Å². The smallest absolute Gasteiger partial charge is 0.337 e. The van der Waals surface area contributed by atoms with Crippen molar-refractivity contribution < 1.29 is 13.9 Å². The van der Waals surface area contributed by atoms with E-state index in [1.165, 1.54) is 12.1 Å². The molecule has 0 atom stereocenters. The number of rotatable bonds is 6. The van der Waals surface area contributed by atoms with E-state index in [0.717, 1.165) is 22.5 Å². The number of anilines is 1. The zero-order valence-corrected chi connectivity index (χ0v) is 17.5. The van der Waals surface area contributed by atoms with Crippen LogP contribution in [0.2, 0.25) is 0 Å². The highest BCUT2D eigenvalue weighted by atomic mass is 19.1. The van der Waals surface area contributed by atoms with E-state index < -0.39 is 0 Å². The first-order valence-corrected chi connectivity index (χ1v) is 10.4. The van der Waals surface area contributed by atoms with Crippen LogP contribution in [0.1, 0.15) is 18.1 Å². The molecule has 0 spiro atoms. The molecule has 3 aromatic carbocycles. The minimum absolute atomic E-state index is 0.284. The third kappa shape index (κ3) is 4.77. The van der Waals surface area contributed by atoms with Crippen molar-refractivity contribution in [1.29, 1.82) is 0 Å². The van der Waals surface area contributed by atoms with Crippen molar-refractivity contribution in [1.82, 2.24) is 4.90 Å². The summed E-state index contributed by atoms with van der Waals surface area (Å²) in [5, 5.41) is 0. The van der Waals surface area contributed by atoms with Crippen molar-refractivity contribution in [2.24, 2.45) is 0 Å². The maximum atomic E-state index is 13.5. The number of ether oxygens (including phenoxy) is 1. The highest BCUT2D eigenvalue weighted by Crippen LogP contribution is 2.32. The van der Waals surface area contributed by atoms with Gasteiger partial charge in [-0.25, -0.2) is 9.18 Å². The van der Waals surface area contributed by atoms with Gasteiger partial charge in [-0.05, 0) is 42.3 Å². The lowest BCUT2D eigenvalue weighted by atomic mass is 10.0. The normalized spacial score (nSPS) is 14.0. The Morgan fingerprint density at radius 1 is 0.935 bits per heavy atom. The summed E-state index contributed by atoms with van der Waals surface area (Å²) in [6, 6.07) is 26.5. The van der Waals surface area contributed by atoms with Crippen molar-refractivity contribution >= 4 is 17.4 Å². The van der Waals surface area contributed by atoms with Crippen LogP contribution < -0.4 is 4.90 Å². The first-order valence-electron chi connectivity index (χ1n) is 10.4. The zero-order chi connectivity index (χ0) is 21.6. The van der Waals surface area contributed by atoms with E-state index in [2.05, 4.69) is 21.9 Å². The van der Waals surface area contributed by atoms with E-state index in [4.69, 9.17) is 4.74 Å². The fraction of sp³-hybridized carbons (Fsp3) is 0.192. The molecule has 0 bridgehead atoms. The van der Waals surface area contributed by atoms with Gasteiger partial charge in [-0.2, -0.15) is 0 Å². The van der Waals surface area contributed by atoms with E-state index in [0.29, 0.717) is 31.9 Å². The third-order valence-electron chi connectivity index (χ3n) is 5.27. The van der Waals surface area contributed by atoms with E-state index in [1.807, 2.05) is 55.5 Å². The van der Waals surface area contributed by atoms with E-state index in [-0.39, 0.29) is 11.8 Å². The molecule has 0 saturated carbocycles. The lowest BCUT2D eigenvalue weighted by molar-refractivity contribution is -0.138. The maximum absolute atomic E-state index is 13.5. The number of hydrogen-bond acceptors (Lipinski definition) is 4. The molecule has 0 amide bonds. The summed E-state index contributed by atoms with van der Waals surface area (Å²) in [5.74, 6) is -0.612. The van der Waals surface area contributed by atoms with Gasteiger partial charge in [-0.3, -0.25) is 0 Å². The Hall–Kier alpha value is -3.60. The minimum Gasteiger partial charge on any atom is -0.463 e. The summed E-state index contributed by atoms with van der Waals surface area (Å²) >= 11 is 0. The number of halogens is 1. The molecule has 3 aromatic rings. The Bertz CT molecular complexity index is 1050. The van der Waals surface area contributed by atoms with E-state index >= 15 is 0 Å². The van der Waals surface area contributed by atoms with Gasteiger partial charge < -0.3 is 14.5 Å². The van der Waals surface area contributed by atoms with Crippen molar-refractivity contribution in [2.45, 2.75) is 13.5 Å². The number of hydrogen-bond donors (Lipinski definition) is 0. The van der Waals surface area contributed by atoms with Gasteiger partial charge in [0.05, 0.1) is 31.1 Å². The largest absolute Gasteiger partial charge is 0.463 e. The summed E-state index contributed by atoms with van der Waals surface area (Å²) < 4.78 is 18.9. The molecule has 1 aliphatic heterocycles. The van der Waals surface area contributed by atoms with Crippen molar-refractivity contribution in [2.75, 3.05) is 24.7 Å². The molecule has 0 aromatic heterocycles. The molecule has 0 unspecified atom stereocenters. The Kier molecular flexibility index (Phi) is 6.32. The van der Waals surface area contributed by atoms with Crippen LogP contribution in [0.15, 0.2) is 90.5 Å². The summed E-state index contributed by atoms with van der Waals surface area (Å²) in [5.41, 5.74) is 4.44. The second kappa shape index (κ2) is 9.47. The standard InChI is InChI=1S/C26H25FN2O2/c1-2-31-26(30)24-18-28(23-15-13-22(27)14-16-23)19-29(17-20-9-5-3-6-10-20)25(24)21-11-7-4-8-12-21/h3-16H,2,17-19H2,1H3. The highest BCUT2D eigenvalue weighted by Gasteiger charge is 2.31. The first kappa shape index (κ1) is 20.7. The van der Waals surface area contributed by atoms with Gasteiger partial charge in [0.1, 0.15) is 5.82 Å². The lowest BCUT2D eigenvalue weighted by Gasteiger charge is -2.41. The zero-order valence-electron chi connectivity index (χ0n) is 17.5. The van der Waals surface area contributed by atoms with Gasteiger partial charge in [-0.1, -0.05) is 60.7 Å². The molecule has 4 nitrogen and oxygen atoms in total. The molecule has 31 heavy (non-hydrogen) atoms. The Morgan fingerprint density at radius 3 is 2.23 bits per heavy atom. The van der Waals surface area contributed by atoms with Crippen molar-refractivity contribution in [3.8, 4) is 0 Å². The Balaban J connectivity index is 1.80. The van der Waals surface area contributed by atoms with Crippen LogP contribution in [0.3, 0.4) is 0 Å². The van der Waals surface area contributed by atoms with Crippen molar-refractivity contribution in [3.05, 3.63) is 107 Å². The summed E-state index contributed by atoms with van der Waals surface area (Å²) in [6.45, 7) is 3.70. The fourth-order valence-electron chi connectivity index (χ4n) is 3.87. The van der Waals surface area contributed by atoms with Gasteiger partial charge >= 0.3 is 5.97 Å². The molecule has 4 rings (SSSR count). The number of carbonyl (C=O) groups is 1. The number of nitrogens with zero attached hydrogens (tertiary/aromatic N) is 2. The molecule has 158 valence electrons. The highest BCUT2D eigenvalue weighted by molar-refractivity contribution is 5.99. The van der Waals surface area contributed by atoms with Gasteiger partial charge in [-0.15, -0.1) is 0 Å². The molecule has 1 aliphatic rings. The molecule has 0 radical (unpaired) electrons. The fourth-order valence-corrected chi connectivity index (χ4v) is 3.87. The van der Waals surface area contributed by atoms with E-state index in [1.54, 1.807) is 12.1 Å². The van der Waals surface area contributed by atoms with Gasteiger partial charge in [0, 0.05) is 12.2 Å². The second-order valence-electron chi connectivity index (χ2n) is 7.41. The molecule has 1 heterocycles. The first-order chi connectivity index (χ1) is 15.2. The second-order valence-corrected chi connectivity index (χ2v) is 7.41. The van der Waals surface area contributed by atoms with Gasteiger partial charge in [0.15, 0.2) is 0 Å². The van der Waals surface area contributed by atoms with Crippen LogP contribution >= 0.6 is 0 Å². The minimum atomic E-state index is -0.328. The van der Waals surface area contributed by atoms with Crippen LogP contribution in [-0.2, 0) is 16.1 Å². The van der Waals surface area contributed by atoms with Crippen LogP contribution in [0.5, 0.6) is 0 Å². The molecular weight excluding hydrogens is 391 g/mol. The number of carbonyl (C=O) groups excluding carboxylic acids is 1. The van der Waals surface area contributed by atoms with Crippen LogP contribution in [0, 0.1) is 5.82 Å². The summed E-state index contributed by atoms with van der Waals surface area (Å²) in [6.07, 6.45) is 0. The van der Waals surface area contributed by atoms with Crippen LogP contribution in [0.4, 0.5) is 10.1 Å². The SMILES string of the molecule is CCOC(=O)C1=C(c2ccccc2)N(Cc2ccccc2)CN(c2ccc(F)cc2)C1. The predicted molar refractivity (Wildman–Crippen MR) is 121 cm³/mol. The quantitative estimate of drug-likeness (QED) is 0.525. The van der Waals surface area contributed by atoms with Gasteiger partial charge in [0.25, 0.3) is 0 Å². The Morgan fingerprint density at radius 2 is 1.58 bits per heavy atom. The average molecular weight is 416 g/mol. The van der Waals surface area contributed by atoms with Crippen LogP contribution in [0.25, 0.3) is 5.70 Å². The maximum Gasteiger partial charge on any atom is 0.337 e. The molecule has 0 saturated heterocycles. The topological polar surface area (TPSA) is 32.8 Å². The summed E-state index contributed by atoms with van der Waals surface area (Å²) in [7, 11) is 0. The molecule has 0 aliphatic carbocycles. The van der Waals surface area contributed by atoms with E-state index in [9.17, 15) is 9.18 Å². The average Bonchev–Trinajstić information content (AvgIpc) is 2.80. The monoisotopic (exact) mass is 416 g/mol. The molecule has 5 heteroatoms. The number of esters is 1. The molecule has 0 fully saturated rings. The predicted octanol–water partition coefficient (Wildman–Crippen LogP) is 5.08. The molecular formula is C26H25FN2O2. The molecule has 0 N–H and O–H groups in total. The van der Waals surface area contributed by atoms with Gasteiger partial charge in [0.2, 0.25) is 0 Å². The Labute approximate surface area is 182 Å². The number of benzene rings is 3. The summed E-state index contributed by atoms with van der Waals surface area (Å²) in [4.78, 5) is 17.3. The third-order valence-corrected chi connectivity index (χ3v) is 5.27. The lowest BCUT2D eigenvalue weighted by Crippen LogP contribution is -2.44.